The smallest absolute Gasteiger partial charge is 0.488 e. The van der Waals surface area contributed by atoms with Crippen molar-refractivity contribution in [2.24, 2.45) is 0 Å². The van der Waals surface area contributed by atoms with E-state index in [-0.39, 0.29) is 17.8 Å². The number of rotatable bonds is 5. The Labute approximate surface area is 120 Å². The third-order valence-electron chi connectivity index (χ3n) is 2.93. The molecule has 0 heterocycles. The number of benzene rings is 2. The Hall–Kier alpha value is -2.12. The van der Waals surface area contributed by atoms with Gasteiger partial charge in [-0.3, -0.25) is 0 Å². The molecule has 0 saturated heterocycles. The van der Waals surface area contributed by atoms with Gasteiger partial charge in [-0.1, -0.05) is 12.1 Å². The second-order valence-corrected chi connectivity index (χ2v) is 4.28. The van der Waals surface area contributed by atoms with Crippen LogP contribution in [0.5, 0.6) is 11.5 Å². The van der Waals surface area contributed by atoms with Crippen LogP contribution in [0.25, 0.3) is 0 Å². The van der Waals surface area contributed by atoms with Crippen molar-refractivity contribution >= 4 is 12.6 Å². The van der Waals surface area contributed by atoms with Crippen LogP contribution < -0.4 is 14.9 Å². The second kappa shape index (κ2) is 6.56. The first-order chi connectivity index (χ1) is 10.0. The van der Waals surface area contributed by atoms with E-state index in [1.165, 1.54) is 31.4 Å². The van der Waals surface area contributed by atoms with E-state index in [0.29, 0.717) is 11.3 Å². The summed E-state index contributed by atoms with van der Waals surface area (Å²) in [6.07, 6.45) is 0. The van der Waals surface area contributed by atoms with E-state index in [2.05, 4.69) is 0 Å². The van der Waals surface area contributed by atoms with E-state index in [9.17, 15) is 18.8 Å². The third-order valence-corrected chi connectivity index (χ3v) is 2.93. The largest absolute Gasteiger partial charge is 0.497 e. The molecule has 0 bridgehead atoms. The third kappa shape index (κ3) is 3.50. The van der Waals surface area contributed by atoms with Crippen LogP contribution in [0.15, 0.2) is 36.4 Å². The van der Waals surface area contributed by atoms with Gasteiger partial charge in [-0.25, -0.2) is 4.39 Å². The van der Waals surface area contributed by atoms with Crippen LogP contribution in [0, 0.1) is 11.6 Å². The summed E-state index contributed by atoms with van der Waals surface area (Å²) in [6.45, 7) is -0.162. The summed E-state index contributed by atoms with van der Waals surface area (Å²) >= 11 is 0. The zero-order valence-corrected chi connectivity index (χ0v) is 11.2. The quantitative estimate of drug-likeness (QED) is 0.814. The Balaban J connectivity index is 2.24. The number of hydrogen-bond donors (Lipinski definition) is 2. The minimum absolute atomic E-state index is 0.162. The minimum Gasteiger partial charge on any atom is -0.497 e. The Bertz CT molecular complexity index is 634. The first kappa shape index (κ1) is 15.3. The monoisotopic (exact) mass is 294 g/mol. The average molecular weight is 294 g/mol. The summed E-state index contributed by atoms with van der Waals surface area (Å²) in [5.41, 5.74) is 0.598. The molecular weight excluding hydrogens is 281 g/mol. The Morgan fingerprint density at radius 1 is 1.14 bits per heavy atom. The highest BCUT2D eigenvalue weighted by Crippen LogP contribution is 2.21. The van der Waals surface area contributed by atoms with Crippen LogP contribution in [-0.2, 0) is 6.61 Å². The van der Waals surface area contributed by atoms with Gasteiger partial charge >= 0.3 is 7.12 Å². The van der Waals surface area contributed by atoms with Crippen LogP contribution in [0.4, 0.5) is 8.78 Å². The van der Waals surface area contributed by atoms with Gasteiger partial charge in [-0.2, -0.15) is 4.39 Å². The Morgan fingerprint density at radius 3 is 2.57 bits per heavy atom. The van der Waals surface area contributed by atoms with E-state index >= 15 is 0 Å². The van der Waals surface area contributed by atoms with Crippen LogP contribution in [-0.4, -0.2) is 24.3 Å². The van der Waals surface area contributed by atoms with Crippen LogP contribution in [0.2, 0.25) is 0 Å². The lowest BCUT2D eigenvalue weighted by molar-refractivity contribution is 0.284. The maximum Gasteiger partial charge on any atom is 0.488 e. The molecule has 0 unspecified atom stereocenters. The molecule has 110 valence electrons. The standard InChI is InChI=1S/C14H13BF2O4/c1-20-10-5-6-11(15(18)19)9(7-10)8-21-13-4-2-3-12(16)14(13)17/h2-7,18-19H,8H2,1H3. The van der Waals surface area contributed by atoms with Crippen molar-refractivity contribution < 1.29 is 28.3 Å². The molecule has 0 atom stereocenters. The van der Waals surface area contributed by atoms with Crippen LogP contribution in [0.1, 0.15) is 5.56 Å². The normalized spacial score (nSPS) is 10.3. The number of methoxy groups -OCH3 is 1. The summed E-state index contributed by atoms with van der Waals surface area (Å²) in [4.78, 5) is 0. The van der Waals surface area contributed by atoms with Gasteiger partial charge in [0, 0.05) is 0 Å². The average Bonchev–Trinajstić information content (AvgIpc) is 2.48. The summed E-state index contributed by atoms with van der Waals surface area (Å²) in [7, 11) is -0.242. The summed E-state index contributed by atoms with van der Waals surface area (Å²) in [6, 6.07) is 8.14. The van der Waals surface area contributed by atoms with E-state index in [1.807, 2.05) is 0 Å². The van der Waals surface area contributed by atoms with Gasteiger partial charge in [0.05, 0.1) is 7.11 Å². The minimum atomic E-state index is -1.70. The van der Waals surface area contributed by atoms with Gasteiger partial charge in [0.15, 0.2) is 11.6 Å². The predicted molar refractivity (Wildman–Crippen MR) is 73.5 cm³/mol. The summed E-state index contributed by atoms with van der Waals surface area (Å²) in [5, 5.41) is 18.6. The highest BCUT2D eigenvalue weighted by Gasteiger charge is 2.18. The fourth-order valence-electron chi connectivity index (χ4n) is 1.84. The molecule has 4 nitrogen and oxygen atoms in total. The van der Waals surface area contributed by atoms with Crippen molar-refractivity contribution in [2.75, 3.05) is 7.11 Å². The van der Waals surface area contributed by atoms with Gasteiger partial charge in [0.25, 0.3) is 0 Å². The fourth-order valence-corrected chi connectivity index (χ4v) is 1.84. The molecule has 2 aromatic carbocycles. The lowest BCUT2D eigenvalue weighted by atomic mass is 9.77. The fraction of sp³-hybridized carbons (Fsp3) is 0.143. The molecule has 0 aliphatic carbocycles. The highest BCUT2D eigenvalue weighted by molar-refractivity contribution is 6.59. The molecule has 0 aliphatic heterocycles. The second-order valence-electron chi connectivity index (χ2n) is 4.28. The summed E-state index contributed by atoms with van der Waals surface area (Å²) < 4.78 is 36.8. The lowest BCUT2D eigenvalue weighted by Gasteiger charge is -2.13. The van der Waals surface area contributed by atoms with Crippen molar-refractivity contribution in [2.45, 2.75) is 6.61 Å². The zero-order chi connectivity index (χ0) is 15.4. The molecule has 0 spiro atoms. The number of hydrogen-bond acceptors (Lipinski definition) is 4. The van der Waals surface area contributed by atoms with Crippen molar-refractivity contribution in [1.29, 1.82) is 0 Å². The van der Waals surface area contributed by atoms with E-state index in [4.69, 9.17) is 9.47 Å². The van der Waals surface area contributed by atoms with Gasteiger partial charge in [0.1, 0.15) is 12.4 Å². The molecule has 0 aromatic heterocycles. The first-order valence-electron chi connectivity index (χ1n) is 6.12. The van der Waals surface area contributed by atoms with E-state index < -0.39 is 18.8 Å². The maximum absolute atomic E-state index is 13.5. The molecule has 21 heavy (non-hydrogen) atoms. The van der Waals surface area contributed by atoms with Gasteiger partial charge in [-0.05, 0) is 35.3 Å². The molecule has 2 N–H and O–H groups in total. The molecule has 0 saturated carbocycles. The van der Waals surface area contributed by atoms with Crippen LogP contribution in [0.3, 0.4) is 0 Å². The SMILES string of the molecule is COc1ccc(B(O)O)c(COc2cccc(F)c2F)c1. The number of halogens is 2. The van der Waals surface area contributed by atoms with Crippen LogP contribution >= 0.6 is 0 Å². The molecule has 0 fully saturated rings. The van der Waals surface area contributed by atoms with Crippen molar-refractivity contribution in [3.63, 3.8) is 0 Å². The molecular formula is C14H13BF2O4. The van der Waals surface area contributed by atoms with Gasteiger partial charge in [-0.15, -0.1) is 0 Å². The van der Waals surface area contributed by atoms with E-state index in [1.54, 1.807) is 6.07 Å². The predicted octanol–water partition coefficient (Wildman–Crippen LogP) is 1.23. The molecule has 0 amide bonds. The van der Waals surface area contributed by atoms with Gasteiger partial charge in [0.2, 0.25) is 5.82 Å². The first-order valence-corrected chi connectivity index (χ1v) is 6.12. The summed E-state index contributed by atoms with van der Waals surface area (Å²) in [5.74, 6) is -1.87. The van der Waals surface area contributed by atoms with Crippen molar-refractivity contribution in [3.8, 4) is 11.5 Å². The molecule has 0 radical (unpaired) electrons. The molecule has 0 aliphatic rings. The maximum atomic E-state index is 13.5. The Kier molecular flexibility index (Phi) is 4.77. The molecule has 2 rings (SSSR count). The van der Waals surface area contributed by atoms with E-state index in [0.717, 1.165) is 6.07 Å². The highest BCUT2D eigenvalue weighted by atomic mass is 19.2. The Morgan fingerprint density at radius 2 is 1.90 bits per heavy atom. The van der Waals surface area contributed by atoms with Gasteiger partial charge < -0.3 is 19.5 Å². The molecule has 7 heteroatoms. The topological polar surface area (TPSA) is 58.9 Å². The van der Waals surface area contributed by atoms with Crippen molar-refractivity contribution in [1.82, 2.24) is 0 Å². The zero-order valence-electron chi connectivity index (χ0n) is 11.2. The lowest BCUT2D eigenvalue weighted by Crippen LogP contribution is -2.33. The molecule has 2 aromatic rings. The number of ether oxygens (including phenoxy) is 2. The van der Waals surface area contributed by atoms with Crippen molar-refractivity contribution in [3.05, 3.63) is 53.6 Å².